The number of halogens is 1. The minimum atomic E-state index is -0.0672. The van der Waals surface area contributed by atoms with Gasteiger partial charge in [-0.25, -0.2) is 0 Å². The predicted octanol–water partition coefficient (Wildman–Crippen LogP) is 4.39. The fourth-order valence-electron chi connectivity index (χ4n) is 2.29. The number of hydrogen-bond donors (Lipinski definition) is 0. The van der Waals surface area contributed by atoms with Gasteiger partial charge in [-0.05, 0) is 62.2 Å². The van der Waals surface area contributed by atoms with Crippen LogP contribution in [0.25, 0.3) is 0 Å². The molecule has 2 aromatic carbocycles. The molecule has 0 saturated carbocycles. The third-order valence-electron chi connectivity index (χ3n) is 3.42. The number of carbonyl (C=O) groups excluding carboxylic acids is 1. The molecule has 2 aromatic rings. The van der Waals surface area contributed by atoms with Gasteiger partial charge >= 0.3 is 0 Å². The molecule has 4 heteroatoms. The van der Waals surface area contributed by atoms with E-state index in [1.165, 1.54) is 0 Å². The van der Waals surface area contributed by atoms with Crippen LogP contribution in [0.2, 0.25) is 5.02 Å². The molecule has 0 aromatic heterocycles. The zero-order valence-electron chi connectivity index (χ0n) is 13.1. The number of nitrogens with zero attached hydrogens (tertiary/aromatic N) is 1. The summed E-state index contributed by atoms with van der Waals surface area (Å²) in [5.74, 6) is 0.612. The van der Waals surface area contributed by atoms with Crippen molar-refractivity contribution in [1.29, 1.82) is 0 Å². The second-order valence-corrected chi connectivity index (χ2v) is 5.61. The highest BCUT2D eigenvalue weighted by Gasteiger charge is 2.15. The van der Waals surface area contributed by atoms with Gasteiger partial charge in [0, 0.05) is 17.3 Å². The molecule has 0 aliphatic rings. The number of rotatable bonds is 5. The van der Waals surface area contributed by atoms with Gasteiger partial charge in [0.25, 0.3) is 5.91 Å². The van der Waals surface area contributed by atoms with E-state index in [4.69, 9.17) is 16.3 Å². The molecule has 0 spiro atoms. The maximum absolute atomic E-state index is 12.4. The molecule has 0 heterocycles. The van der Waals surface area contributed by atoms with Crippen LogP contribution in [0.1, 0.15) is 18.1 Å². The topological polar surface area (TPSA) is 29.5 Å². The number of anilines is 1. The predicted molar refractivity (Wildman–Crippen MR) is 90.9 cm³/mol. The number of likely N-dealkylation sites (N-methyl/N-ethyl adjacent to an activating group) is 1. The van der Waals surface area contributed by atoms with E-state index in [1.807, 2.05) is 51.1 Å². The van der Waals surface area contributed by atoms with Gasteiger partial charge < -0.3 is 9.64 Å². The van der Waals surface area contributed by atoms with Gasteiger partial charge in [-0.15, -0.1) is 0 Å². The van der Waals surface area contributed by atoms with E-state index >= 15 is 0 Å². The molecular formula is C18H20ClNO2. The van der Waals surface area contributed by atoms with Crippen molar-refractivity contribution in [3.8, 4) is 5.75 Å². The summed E-state index contributed by atoms with van der Waals surface area (Å²) in [4.78, 5) is 14.1. The summed E-state index contributed by atoms with van der Waals surface area (Å²) in [7, 11) is 0. The number of hydrogen-bond acceptors (Lipinski definition) is 2. The van der Waals surface area contributed by atoms with Crippen molar-refractivity contribution in [2.24, 2.45) is 0 Å². The second-order valence-electron chi connectivity index (χ2n) is 5.18. The first-order valence-corrected chi connectivity index (χ1v) is 7.65. The smallest absolute Gasteiger partial charge is 0.264 e. The largest absolute Gasteiger partial charge is 0.483 e. The lowest BCUT2D eigenvalue weighted by Crippen LogP contribution is -2.34. The highest BCUT2D eigenvalue weighted by Crippen LogP contribution is 2.22. The molecule has 22 heavy (non-hydrogen) atoms. The highest BCUT2D eigenvalue weighted by atomic mass is 35.5. The summed E-state index contributed by atoms with van der Waals surface area (Å²) in [5, 5.41) is 0.658. The van der Waals surface area contributed by atoms with Crippen molar-refractivity contribution in [2.45, 2.75) is 20.8 Å². The van der Waals surface area contributed by atoms with Crippen LogP contribution in [-0.4, -0.2) is 19.1 Å². The summed E-state index contributed by atoms with van der Waals surface area (Å²) in [6.07, 6.45) is 0. The molecule has 116 valence electrons. The zero-order chi connectivity index (χ0) is 16.1. The Morgan fingerprint density at radius 2 is 1.95 bits per heavy atom. The van der Waals surface area contributed by atoms with Gasteiger partial charge in [0.2, 0.25) is 0 Å². The molecular weight excluding hydrogens is 298 g/mol. The number of ether oxygens (including phenoxy) is 1. The number of aryl methyl sites for hydroxylation is 2. The first-order chi connectivity index (χ1) is 10.5. The Morgan fingerprint density at radius 1 is 1.18 bits per heavy atom. The lowest BCUT2D eigenvalue weighted by Gasteiger charge is -2.22. The molecule has 0 aliphatic carbocycles. The summed E-state index contributed by atoms with van der Waals surface area (Å²) in [5.41, 5.74) is 2.93. The fraction of sp³-hybridized carbons (Fsp3) is 0.278. The number of carbonyl (C=O) groups is 1. The van der Waals surface area contributed by atoms with Gasteiger partial charge in [-0.2, -0.15) is 0 Å². The van der Waals surface area contributed by atoms with Crippen LogP contribution in [0.4, 0.5) is 5.69 Å². The van der Waals surface area contributed by atoms with E-state index in [9.17, 15) is 4.79 Å². The van der Waals surface area contributed by atoms with Gasteiger partial charge in [0.05, 0.1) is 0 Å². The molecule has 3 nitrogen and oxygen atoms in total. The second kappa shape index (κ2) is 7.32. The van der Waals surface area contributed by atoms with E-state index in [0.717, 1.165) is 16.8 Å². The fourth-order valence-corrected chi connectivity index (χ4v) is 2.52. The Morgan fingerprint density at radius 3 is 2.59 bits per heavy atom. The minimum absolute atomic E-state index is 0.00422. The molecule has 0 radical (unpaired) electrons. The van der Waals surface area contributed by atoms with Crippen LogP contribution in [0.15, 0.2) is 42.5 Å². The molecule has 0 fully saturated rings. The van der Waals surface area contributed by atoms with Crippen LogP contribution in [0.5, 0.6) is 5.75 Å². The summed E-state index contributed by atoms with van der Waals surface area (Å²) in [6, 6.07) is 13.2. The molecule has 0 unspecified atom stereocenters. The van der Waals surface area contributed by atoms with Crippen molar-refractivity contribution < 1.29 is 9.53 Å². The summed E-state index contributed by atoms with van der Waals surface area (Å²) < 4.78 is 5.64. The Hall–Kier alpha value is -2.00. The van der Waals surface area contributed by atoms with Gasteiger partial charge in [-0.1, -0.05) is 23.7 Å². The molecule has 0 N–H and O–H groups in total. The maximum Gasteiger partial charge on any atom is 0.264 e. The van der Waals surface area contributed by atoms with Gasteiger partial charge in [-0.3, -0.25) is 4.79 Å². The van der Waals surface area contributed by atoms with Crippen molar-refractivity contribution in [3.05, 3.63) is 58.6 Å². The lowest BCUT2D eigenvalue weighted by atomic mass is 10.2. The average molecular weight is 318 g/mol. The van der Waals surface area contributed by atoms with E-state index in [2.05, 4.69) is 0 Å². The Kier molecular flexibility index (Phi) is 5.45. The van der Waals surface area contributed by atoms with Crippen molar-refractivity contribution in [3.63, 3.8) is 0 Å². The molecule has 0 saturated heterocycles. The van der Waals surface area contributed by atoms with Crippen LogP contribution >= 0.6 is 11.6 Å². The van der Waals surface area contributed by atoms with Crippen molar-refractivity contribution in [2.75, 3.05) is 18.1 Å². The van der Waals surface area contributed by atoms with Crippen LogP contribution in [0.3, 0.4) is 0 Å². The average Bonchev–Trinajstić information content (AvgIpc) is 2.47. The van der Waals surface area contributed by atoms with E-state index in [-0.39, 0.29) is 12.5 Å². The van der Waals surface area contributed by atoms with Crippen LogP contribution < -0.4 is 9.64 Å². The van der Waals surface area contributed by atoms with Crippen LogP contribution in [-0.2, 0) is 4.79 Å². The van der Waals surface area contributed by atoms with Crippen molar-refractivity contribution >= 4 is 23.2 Å². The Labute approximate surface area is 136 Å². The Balaban J connectivity index is 2.06. The monoisotopic (exact) mass is 317 g/mol. The summed E-state index contributed by atoms with van der Waals surface area (Å²) >= 11 is 5.92. The van der Waals surface area contributed by atoms with E-state index < -0.39 is 0 Å². The normalized spacial score (nSPS) is 10.4. The third-order valence-corrected chi connectivity index (χ3v) is 3.65. The maximum atomic E-state index is 12.4. The van der Waals surface area contributed by atoms with Gasteiger partial charge in [0.15, 0.2) is 6.61 Å². The Bertz CT molecular complexity index is 670. The van der Waals surface area contributed by atoms with Crippen molar-refractivity contribution in [1.82, 2.24) is 0 Å². The standard InChI is InChI=1S/C18H20ClNO2/c1-4-20(16-7-5-6-13(2)10-16)18(21)12-22-17-9-8-15(19)11-14(17)3/h5-11H,4,12H2,1-3H3. The molecule has 1 amide bonds. The first kappa shape index (κ1) is 16.4. The molecule has 0 atom stereocenters. The number of benzene rings is 2. The quantitative estimate of drug-likeness (QED) is 0.818. The number of amides is 1. The van der Waals surface area contributed by atoms with E-state index in [0.29, 0.717) is 17.3 Å². The minimum Gasteiger partial charge on any atom is -0.483 e. The van der Waals surface area contributed by atoms with Crippen LogP contribution in [0, 0.1) is 13.8 Å². The van der Waals surface area contributed by atoms with Gasteiger partial charge in [0.1, 0.15) is 5.75 Å². The zero-order valence-corrected chi connectivity index (χ0v) is 13.9. The van der Waals surface area contributed by atoms with E-state index in [1.54, 1.807) is 17.0 Å². The molecule has 0 aliphatic heterocycles. The summed E-state index contributed by atoms with van der Waals surface area (Å²) in [6.45, 7) is 6.47. The SMILES string of the molecule is CCN(C(=O)COc1ccc(Cl)cc1C)c1cccc(C)c1. The highest BCUT2D eigenvalue weighted by molar-refractivity contribution is 6.30. The molecule has 2 rings (SSSR count). The third kappa shape index (κ3) is 4.01. The lowest BCUT2D eigenvalue weighted by molar-refractivity contribution is -0.120. The first-order valence-electron chi connectivity index (χ1n) is 7.27. The molecule has 0 bridgehead atoms.